The molecule has 3 aromatic rings. The Kier molecular flexibility index (Phi) is 5.68. The highest BCUT2D eigenvalue weighted by atomic mass is 16.5. The number of aryl methyl sites for hydroxylation is 2. The summed E-state index contributed by atoms with van der Waals surface area (Å²) in [6.07, 6.45) is 1.20. The van der Waals surface area contributed by atoms with Gasteiger partial charge in [0.25, 0.3) is 0 Å². The number of hydrogen-bond acceptors (Lipinski definition) is 5. The number of amides is 1. The van der Waals surface area contributed by atoms with E-state index in [-0.39, 0.29) is 12.3 Å². The Labute approximate surface area is 168 Å². The lowest BCUT2D eigenvalue weighted by molar-refractivity contribution is 0.110. The smallest absolute Gasteiger partial charge is 0.412 e. The van der Waals surface area contributed by atoms with Crippen LogP contribution in [-0.4, -0.2) is 29.6 Å². The summed E-state index contributed by atoms with van der Waals surface area (Å²) in [5.74, 6) is 1.40. The summed E-state index contributed by atoms with van der Waals surface area (Å²) in [6.45, 7) is 5.69. The van der Waals surface area contributed by atoms with Crippen LogP contribution in [0.2, 0.25) is 0 Å². The van der Waals surface area contributed by atoms with Crippen molar-refractivity contribution in [1.29, 1.82) is 0 Å². The van der Waals surface area contributed by atoms with Crippen molar-refractivity contribution >= 4 is 18.1 Å². The minimum atomic E-state index is -1.10. The Morgan fingerprint density at radius 2 is 2.00 bits per heavy atom. The van der Waals surface area contributed by atoms with E-state index in [2.05, 4.69) is 4.98 Å². The third-order valence-electron chi connectivity index (χ3n) is 4.69. The third kappa shape index (κ3) is 4.13. The van der Waals surface area contributed by atoms with Crippen molar-refractivity contribution in [2.75, 3.05) is 12.0 Å². The van der Waals surface area contributed by atoms with Crippen LogP contribution in [0.3, 0.4) is 0 Å². The van der Waals surface area contributed by atoms with E-state index in [4.69, 9.17) is 9.15 Å². The van der Waals surface area contributed by atoms with E-state index in [1.54, 1.807) is 37.6 Å². The van der Waals surface area contributed by atoms with Gasteiger partial charge >= 0.3 is 6.09 Å². The zero-order chi connectivity index (χ0) is 21.1. The molecule has 150 valence electrons. The molecular weight excluding hydrogens is 372 g/mol. The SMILES string of the molecule is COc1c(C)cnc(CN(C(=O)O)c2cc(C)cc(-c3ccc(C=O)o3)c2)c1C. The van der Waals surface area contributed by atoms with Gasteiger partial charge in [0, 0.05) is 28.6 Å². The van der Waals surface area contributed by atoms with Gasteiger partial charge in [0.2, 0.25) is 0 Å². The Bertz CT molecular complexity index is 1070. The fourth-order valence-electron chi connectivity index (χ4n) is 3.28. The summed E-state index contributed by atoms with van der Waals surface area (Å²) in [7, 11) is 1.58. The number of aromatic nitrogens is 1. The first kappa shape index (κ1) is 20.1. The van der Waals surface area contributed by atoms with Crippen LogP contribution in [0.5, 0.6) is 5.75 Å². The van der Waals surface area contributed by atoms with Gasteiger partial charge in [0.1, 0.15) is 11.5 Å². The lowest BCUT2D eigenvalue weighted by atomic mass is 10.1. The zero-order valence-electron chi connectivity index (χ0n) is 16.7. The molecule has 29 heavy (non-hydrogen) atoms. The molecule has 0 radical (unpaired) electrons. The summed E-state index contributed by atoms with van der Waals surface area (Å²) < 4.78 is 10.9. The molecule has 7 nitrogen and oxygen atoms in total. The topological polar surface area (TPSA) is 92.9 Å². The maximum atomic E-state index is 12.0. The molecule has 0 saturated carbocycles. The van der Waals surface area contributed by atoms with E-state index >= 15 is 0 Å². The van der Waals surface area contributed by atoms with Gasteiger partial charge in [-0.1, -0.05) is 0 Å². The number of anilines is 1. The van der Waals surface area contributed by atoms with Crippen LogP contribution in [0.25, 0.3) is 11.3 Å². The van der Waals surface area contributed by atoms with Gasteiger partial charge in [-0.05, 0) is 56.7 Å². The van der Waals surface area contributed by atoms with Crippen LogP contribution in [-0.2, 0) is 6.54 Å². The van der Waals surface area contributed by atoms with Crippen molar-refractivity contribution in [3.63, 3.8) is 0 Å². The maximum Gasteiger partial charge on any atom is 0.412 e. The Balaban J connectivity index is 2.02. The summed E-state index contributed by atoms with van der Waals surface area (Å²) >= 11 is 0. The normalized spacial score (nSPS) is 10.6. The third-order valence-corrected chi connectivity index (χ3v) is 4.69. The molecule has 0 atom stereocenters. The number of carbonyl (C=O) groups excluding carboxylic acids is 1. The number of methoxy groups -OCH3 is 1. The van der Waals surface area contributed by atoms with E-state index in [0.717, 1.165) is 16.7 Å². The van der Waals surface area contributed by atoms with Crippen LogP contribution in [0.15, 0.2) is 40.9 Å². The largest absolute Gasteiger partial charge is 0.496 e. The Morgan fingerprint density at radius 3 is 2.62 bits per heavy atom. The molecule has 1 aromatic carbocycles. The van der Waals surface area contributed by atoms with E-state index in [0.29, 0.717) is 34.7 Å². The highest BCUT2D eigenvalue weighted by Gasteiger charge is 2.20. The molecule has 0 saturated heterocycles. The number of carboxylic acid groups (broad SMARTS) is 1. The second-order valence-corrected chi connectivity index (χ2v) is 6.79. The highest BCUT2D eigenvalue weighted by molar-refractivity contribution is 5.87. The van der Waals surface area contributed by atoms with E-state index < -0.39 is 6.09 Å². The van der Waals surface area contributed by atoms with E-state index in [1.807, 2.05) is 26.8 Å². The lowest BCUT2D eigenvalue weighted by Gasteiger charge is -2.22. The fraction of sp³-hybridized carbons (Fsp3) is 0.227. The van der Waals surface area contributed by atoms with Crippen LogP contribution in [0.4, 0.5) is 10.5 Å². The van der Waals surface area contributed by atoms with Crippen LogP contribution >= 0.6 is 0 Å². The average Bonchev–Trinajstić information content (AvgIpc) is 3.16. The van der Waals surface area contributed by atoms with Gasteiger partial charge in [0.15, 0.2) is 12.0 Å². The molecule has 0 fully saturated rings. The number of nitrogens with zero attached hydrogens (tertiary/aromatic N) is 2. The molecule has 2 aromatic heterocycles. The number of hydrogen-bond donors (Lipinski definition) is 1. The first-order chi connectivity index (χ1) is 13.8. The second-order valence-electron chi connectivity index (χ2n) is 6.79. The maximum absolute atomic E-state index is 12.0. The predicted molar refractivity (Wildman–Crippen MR) is 109 cm³/mol. The van der Waals surface area contributed by atoms with Crippen molar-refractivity contribution in [1.82, 2.24) is 4.98 Å². The van der Waals surface area contributed by atoms with E-state index in [1.165, 1.54) is 4.90 Å². The number of pyridine rings is 1. The Morgan fingerprint density at radius 1 is 1.24 bits per heavy atom. The molecule has 0 bridgehead atoms. The lowest BCUT2D eigenvalue weighted by Crippen LogP contribution is -2.29. The molecule has 1 amide bonds. The van der Waals surface area contributed by atoms with Gasteiger partial charge in [-0.3, -0.25) is 14.7 Å². The Hall–Kier alpha value is -3.61. The molecule has 0 aliphatic rings. The molecule has 7 heteroatoms. The van der Waals surface area contributed by atoms with Crippen LogP contribution < -0.4 is 9.64 Å². The summed E-state index contributed by atoms with van der Waals surface area (Å²) in [4.78, 5) is 28.6. The van der Waals surface area contributed by atoms with Crippen LogP contribution in [0.1, 0.15) is 32.9 Å². The number of carbonyl (C=O) groups is 2. The van der Waals surface area contributed by atoms with Crippen molar-refractivity contribution in [3.8, 4) is 17.1 Å². The molecule has 0 unspecified atom stereocenters. The minimum absolute atomic E-state index is 0.0679. The fourth-order valence-corrected chi connectivity index (χ4v) is 3.28. The molecule has 2 heterocycles. The molecule has 0 aliphatic heterocycles. The first-order valence-electron chi connectivity index (χ1n) is 9.00. The minimum Gasteiger partial charge on any atom is -0.496 e. The number of rotatable bonds is 6. The molecule has 3 rings (SSSR count). The van der Waals surface area contributed by atoms with Crippen molar-refractivity contribution in [2.24, 2.45) is 0 Å². The van der Waals surface area contributed by atoms with Crippen molar-refractivity contribution in [3.05, 3.63) is 64.7 Å². The van der Waals surface area contributed by atoms with Crippen molar-refractivity contribution < 1.29 is 23.8 Å². The van der Waals surface area contributed by atoms with Crippen LogP contribution in [0, 0.1) is 20.8 Å². The molecule has 0 spiro atoms. The van der Waals surface area contributed by atoms with E-state index in [9.17, 15) is 14.7 Å². The van der Waals surface area contributed by atoms with Gasteiger partial charge in [-0.15, -0.1) is 0 Å². The molecule has 0 aliphatic carbocycles. The number of benzene rings is 1. The molecular formula is C22H22N2O5. The second kappa shape index (κ2) is 8.18. The first-order valence-corrected chi connectivity index (χ1v) is 9.00. The number of aldehydes is 1. The number of ether oxygens (including phenoxy) is 1. The summed E-state index contributed by atoms with van der Waals surface area (Å²) in [5, 5.41) is 9.85. The molecule has 1 N–H and O–H groups in total. The van der Waals surface area contributed by atoms with Gasteiger partial charge < -0.3 is 14.3 Å². The summed E-state index contributed by atoms with van der Waals surface area (Å²) in [5.41, 5.74) is 4.33. The van der Waals surface area contributed by atoms with Gasteiger partial charge in [-0.25, -0.2) is 4.79 Å². The number of furan rings is 1. The standard InChI is InChI=1S/C22H22N2O5/c1-13-7-16(20-6-5-18(12-25)29-20)9-17(8-13)24(22(26)27)11-19-15(3)21(28-4)14(2)10-23-19/h5-10,12H,11H2,1-4H3,(H,26,27). The highest BCUT2D eigenvalue weighted by Crippen LogP contribution is 2.30. The van der Waals surface area contributed by atoms with Gasteiger partial charge in [-0.2, -0.15) is 0 Å². The monoisotopic (exact) mass is 394 g/mol. The predicted octanol–water partition coefficient (Wildman–Crippen LogP) is 4.77. The van der Waals surface area contributed by atoms with Crippen molar-refractivity contribution in [2.45, 2.75) is 27.3 Å². The average molecular weight is 394 g/mol. The zero-order valence-corrected chi connectivity index (χ0v) is 16.7. The van der Waals surface area contributed by atoms with Gasteiger partial charge in [0.05, 0.1) is 19.3 Å². The quantitative estimate of drug-likeness (QED) is 0.605. The summed E-state index contributed by atoms with van der Waals surface area (Å²) in [6, 6.07) is 8.63.